The molecule has 1 heterocycles. The van der Waals surface area contributed by atoms with Crippen molar-refractivity contribution in [2.45, 2.75) is 25.8 Å². The number of hydrogen-bond acceptors (Lipinski definition) is 3. The summed E-state index contributed by atoms with van der Waals surface area (Å²) in [6, 6.07) is 14.2. The fraction of sp³-hybridized carbons (Fsp3) is 0.409. The number of rotatable bonds is 5. The maximum atomic E-state index is 12.5. The molecular weight excluding hydrogens is 360 g/mol. The number of fused-ring (bicyclic) bond motifs is 1. The molecule has 2 aliphatic rings. The lowest BCUT2D eigenvalue weighted by molar-refractivity contribution is -0.135. The van der Waals surface area contributed by atoms with Gasteiger partial charge in [-0.05, 0) is 60.2 Å². The molecule has 2 aromatic rings. The van der Waals surface area contributed by atoms with Crippen LogP contribution in [0.2, 0.25) is 5.02 Å². The van der Waals surface area contributed by atoms with Gasteiger partial charge in [0.15, 0.2) is 6.61 Å². The van der Waals surface area contributed by atoms with E-state index in [9.17, 15) is 4.79 Å². The Morgan fingerprint density at radius 1 is 0.963 bits per heavy atom. The Morgan fingerprint density at radius 2 is 1.70 bits per heavy atom. The van der Waals surface area contributed by atoms with Gasteiger partial charge in [-0.15, -0.1) is 0 Å². The molecule has 0 N–H and O–H groups in total. The van der Waals surface area contributed by atoms with Crippen LogP contribution in [0.25, 0.3) is 0 Å². The van der Waals surface area contributed by atoms with Crippen molar-refractivity contribution >= 4 is 17.5 Å². The number of ether oxygens (including phenoxy) is 1. The zero-order valence-electron chi connectivity index (χ0n) is 15.5. The highest BCUT2D eigenvalue weighted by Gasteiger charge is 2.21. The summed E-state index contributed by atoms with van der Waals surface area (Å²) in [5.74, 6) is 0.881. The molecule has 0 bridgehead atoms. The van der Waals surface area contributed by atoms with Gasteiger partial charge in [0.1, 0.15) is 5.75 Å². The van der Waals surface area contributed by atoms with Crippen LogP contribution in [-0.2, 0) is 24.2 Å². The van der Waals surface area contributed by atoms with Crippen molar-refractivity contribution < 1.29 is 9.53 Å². The molecule has 1 aliphatic heterocycles. The average molecular weight is 385 g/mol. The van der Waals surface area contributed by atoms with Crippen LogP contribution in [0.4, 0.5) is 0 Å². The third-order valence-corrected chi connectivity index (χ3v) is 5.73. The van der Waals surface area contributed by atoms with Gasteiger partial charge in [-0.2, -0.15) is 0 Å². The molecule has 0 aromatic heterocycles. The van der Waals surface area contributed by atoms with Gasteiger partial charge in [0, 0.05) is 37.7 Å². The number of hydrogen-bond donors (Lipinski definition) is 0. The van der Waals surface area contributed by atoms with Crippen molar-refractivity contribution in [3.05, 3.63) is 64.2 Å². The molecule has 4 rings (SSSR count). The smallest absolute Gasteiger partial charge is 0.260 e. The SMILES string of the molecule is O=C(COc1ccc2c(c1)CCC2)N1CCN(Cc2ccc(Cl)cc2)CC1. The first-order valence-electron chi connectivity index (χ1n) is 9.66. The third-order valence-electron chi connectivity index (χ3n) is 5.48. The lowest BCUT2D eigenvalue weighted by Crippen LogP contribution is -2.49. The first kappa shape index (κ1) is 18.3. The highest BCUT2D eigenvalue weighted by Crippen LogP contribution is 2.26. The van der Waals surface area contributed by atoms with Gasteiger partial charge < -0.3 is 9.64 Å². The molecule has 1 fully saturated rings. The molecule has 1 amide bonds. The summed E-state index contributed by atoms with van der Waals surface area (Å²) in [5.41, 5.74) is 4.04. The quantitative estimate of drug-likeness (QED) is 0.790. The van der Waals surface area contributed by atoms with E-state index in [4.69, 9.17) is 16.3 Å². The minimum atomic E-state index is 0.0710. The highest BCUT2D eigenvalue weighted by molar-refractivity contribution is 6.30. The number of carbonyl (C=O) groups excluding carboxylic acids is 1. The lowest BCUT2D eigenvalue weighted by Gasteiger charge is -2.34. The second-order valence-electron chi connectivity index (χ2n) is 7.36. The highest BCUT2D eigenvalue weighted by atomic mass is 35.5. The Morgan fingerprint density at radius 3 is 2.48 bits per heavy atom. The van der Waals surface area contributed by atoms with E-state index in [2.05, 4.69) is 29.2 Å². The Bertz CT molecular complexity index is 798. The van der Waals surface area contributed by atoms with E-state index in [-0.39, 0.29) is 12.5 Å². The topological polar surface area (TPSA) is 32.8 Å². The fourth-order valence-corrected chi connectivity index (χ4v) is 4.00. The predicted molar refractivity (Wildman–Crippen MR) is 107 cm³/mol. The van der Waals surface area contributed by atoms with E-state index >= 15 is 0 Å². The Labute approximate surface area is 165 Å². The minimum absolute atomic E-state index is 0.0710. The number of nitrogens with zero attached hydrogens (tertiary/aromatic N) is 2. The van der Waals surface area contributed by atoms with E-state index in [1.807, 2.05) is 23.1 Å². The van der Waals surface area contributed by atoms with Gasteiger partial charge in [-0.25, -0.2) is 0 Å². The number of halogens is 1. The molecular formula is C22H25ClN2O2. The van der Waals surface area contributed by atoms with Crippen LogP contribution < -0.4 is 4.74 Å². The van der Waals surface area contributed by atoms with Crippen molar-refractivity contribution in [2.24, 2.45) is 0 Å². The number of aryl methyl sites for hydroxylation is 2. The van der Waals surface area contributed by atoms with E-state index < -0.39 is 0 Å². The molecule has 0 atom stereocenters. The van der Waals surface area contributed by atoms with E-state index in [1.165, 1.54) is 23.1 Å². The first-order valence-corrected chi connectivity index (χ1v) is 10.0. The van der Waals surface area contributed by atoms with E-state index in [0.29, 0.717) is 0 Å². The largest absolute Gasteiger partial charge is 0.484 e. The minimum Gasteiger partial charge on any atom is -0.484 e. The fourth-order valence-electron chi connectivity index (χ4n) is 3.88. The maximum Gasteiger partial charge on any atom is 0.260 e. The van der Waals surface area contributed by atoms with Crippen molar-refractivity contribution in [3.63, 3.8) is 0 Å². The summed E-state index contributed by atoms with van der Waals surface area (Å²) < 4.78 is 5.76. The molecule has 4 nitrogen and oxygen atoms in total. The van der Waals surface area contributed by atoms with Gasteiger partial charge in [0.05, 0.1) is 0 Å². The van der Waals surface area contributed by atoms with Crippen LogP contribution in [0.1, 0.15) is 23.1 Å². The van der Waals surface area contributed by atoms with Crippen LogP contribution >= 0.6 is 11.6 Å². The summed E-state index contributed by atoms with van der Waals surface area (Å²) >= 11 is 5.94. The first-order chi connectivity index (χ1) is 13.2. The number of carbonyl (C=O) groups is 1. The molecule has 1 aliphatic carbocycles. The molecule has 1 saturated heterocycles. The van der Waals surface area contributed by atoms with Crippen LogP contribution in [0.3, 0.4) is 0 Å². The summed E-state index contributed by atoms with van der Waals surface area (Å²) in [4.78, 5) is 16.8. The molecule has 0 unspecified atom stereocenters. The average Bonchev–Trinajstić information content (AvgIpc) is 3.16. The van der Waals surface area contributed by atoms with Crippen LogP contribution in [0.15, 0.2) is 42.5 Å². The Kier molecular flexibility index (Phi) is 5.65. The molecule has 2 aromatic carbocycles. The molecule has 0 radical (unpaired) electrons. The van der Waals surface area contributed by atoms with Crippen LogP contribution in [0.5, 0.6) is 5.75 Å². The summed E-state index contributed by atoms with van der Waals surface area (Å²) in [6.07, 6.45) is 3.50. The normalized spacial score (nSPS) is 17.0. The van der Waals surface area contributed by atoms with Gasteiger partial charge in [-0.1, -0.05) is 29.8 Å². The monoisotopic (exact) mass is 384 g/mol. The standard InChI is InChI=1S/C22H25ClN2O2/c23-20-7-4-17(5-8-20)15-24-10-12-25(13-11-24)22(26)16-27-21-9-6-18-2-1-3-19(18)14-21/h4-9,14H,1-3,10-13,15-16H2. The van der Waals surface area contributed by atoms with E-state index in [1.54, 1.807) is 0 Å². The molecule has 27 heavy (non-hydrogen) atoms. The zero-order chi connectivity index (χ0) is 18.6. The van der Waals surface area contributed by atoms with Crippen LogP contribution in [-0.4, -0.2) is 48.5 Å². The maximum absolute atomic E-state index is 12.5. The van der Waals surface area contributed by atoms with Gasteiger partial charge in [0.25, 0.3) is 5.91 Å². The predicted octanol–water partition coefficient (Wildman–Crippen LogP) is 3.55. The second kappa shape index (κ2) is 8.32. The summed E-state index contributed by atoms with van der Waals surface area (Å²) in [7, 11) is 0. The second-order valence-corrected chi connectivity index (χ2v) is 7.79. The van der Waals surface area contributed by atoms with Crippen LogP contribution in [0, 0.1) is 0 Å². The lowest BCUT2D eigenvalue weighted by atomic mass is 10.1. The Hall–Kier alpha value is -2.04. The number of piperazine rings is 1. The Balaban J connectivity index is 1.23. The molecule has 0 spiro atoms. The molecule has 5 heteroatoms. The number of amides is 1. The van der Waals surface area contributed by atoms with Crippen molar-refractivity contribution in [2.75, 3.05) is 32.8 Å². The third kappa shape index (κ3) is 4.63. The zero-order valence-corrected chi connectivity index (χ0v) is 16.3. The molecule has 0 saturated carbocycles. The number of benzene rings is 2. The van der Waals surface area contributed by atoms with E-state index in [0.717, 1.165) is 56.3 Å². The van der Waals surface area contributed by atoms with Gasteiger partial charge in [0.2, 0.25) is 0 Å². The van der Waals surface area contributed by atoms with Crippen molar-refractivity contribution in [1.82, 2.24) is 9.80 Å². The van der Waals surface area contributed by atoms with Gasteiger partial charge >= 0.3 is 0 Å². The summed E-state index contributed by atoms with van der Waals surface area (Å²) in [6.45, 7) is 4.28. The van der Waals surface area contributed by atoms with Crippen molar-refractivity contribution in [1.29, 1.82) is 0 Å². The molecule has 142 valence electrons. The summed E-state index contributed by atoms with van der Waals surface area (Å²) in [5, 5.41) is 0.762. The van der Waals surface area contributed by atoms with Gasteiger partial charge in [-0.3, -0.25) is 9.69 Å². The van der Waals surface area contributed by atoms with Crippen molar-refractivity contribution in [3.8, 4) is 5.75 Å².